The van der Waals surface area contributed by atoms with Crippen LogP contribution in [-0.4, -0.2) is 49.6 Å². The third kappa shape index (κ3) is 3.61. The fourth-order valence-electron chi connectivity index (χ4n) is 2.23. The Morgan fingerprint density at radius 2 is 1.89 bits per heavy atom. The lowest BCUT2D eigenvalue weighted by molar-refractivity contribution is 0.154. The third-order valence-electron chi connectivity index (χ3n) is 3.56. The quantitative estimate of drug-likeness (QED) is 0.788. The van der Waals surface area contributed by atoms with E-state index in [9.17, 15) is 0 Å². The van der Waals surface area contributed by atoms with Crippen LogP contribution in [0.25, 0.3) is 0 Å². The molecular formula is C14H20Cl2N2. The number of aryl methyl sites for hydroxylation is 1. The van der Waals surface area contributed by atoms with E-state index in [1.54, 1.807) is 0 Å². The van der Waals surface area contributed by atoms with Gasteiger partial charge in [-0.2, -0.15) is 0 Å². The third-order valence-corrected chi connectivity index (χ3v) is 4.37. The fraction of sp³-hybridized carbons (Fsp3) is 0.571. The largest absolute Gasteiger partial charge is 0.304 e. The maximum absolute atomic E-state index is 6.50. The van der Waals surface area contributed by atoms with Gasteiger partial charge in [0.15, 0.2) is 0 Å². The Hall–Kier alpha value is -0.280. The highest BCUT2D eigenvalue weighted by atomic mass is 35.5. The molecular weight excluding hydrogens is 267 g/mol. The van der Waals surface area contributed by atoms with E-state index in [1.807, 2.05) is 19.1 Å². The zero-order valence-corrected chi connectivity index (χ0v) is 12.5. The van der Waals surface area contributed by atoms with E-state index in [0.29, 0.717) is 0 Å². The summed E-state index contributed by atoms with van der Waals surface area (Å²) in [4.78, 5) is 4.79. The lowest BCUT2D eigenvalue weighted by Gasteiger charge is -2.33. The Morgan fingerprint density at radius 3 is 2.50 bits per heavy atom. The highest BCUT2D eigenvalue weighted by Crippen LogP contribution is 2.26. The molecule has 1 fully saturated rings. The lowest BCUT2D eigenvalue weighted by Crippen LogP contribution is -2.45. The Morgan fingerprint density at radius 1 is 1.22 bits per heavy atom. The van der Waals surface area contributed by atoms with E-state index in [-0.39, 0.29) is 5.38 Å². The number of likely N-dealkylation sites (N-methyl/N-ethyl adjacent to an activating group) is 1. The van der Waals surface area contributed by atoms with Gasteiger partial charge in [0, 0.05) is 37.7 Å². The van der Waals surface area contributed by atoms with Crippen LogP contribution in [0.1, 0.15) is 16.5 Å². The second kappa shape index (κ2) is 6.25. The van der Waals surface area contributed by atoms with Crippen molar-refractivity contribution in [3.63, 3.8) is 0 Å². The summed E-state index contributed by atoms with van der Waals surface area (Å²) in [6.07, 6.45) is 0. The average Bonchev–Trinajstić information content (AvgIpc) is 2.35. The van der Waals surface area contributed by atoms with Crippen molar-refractivity contribution < 1.29 is 0 Å². The smallest absolute Gasteiger partial charge is 0.0712 e. The first-order valence-electron chi connectivity index (χ1n) is 6.37. The van der Waals surface area contributed by atoms with Crippen molar-refractivity contribution in [2.24, 2.45) is 0 Å². The molecule has 0 N–H and O–H groups in total. The summed E-state index contributed by atoms with van der Waals surface area (Å²) < 4.78 is 0. The summed E-state index contributed by atoms with van der Waals surface area (Å²) in [6, 6.07) is 6.06. The molecule has 4 heteroatoms. The first kappa shape index (κ1) is 14.1. The minimum atomic E-state index is 0.0457. The predicted molar refractivity (Wildman–Crippen MR) is 78.7 cm³/mol. The molecule has 2 nitrogen and oxygen atoms in total. The molecule has 0 spiro atoms. The maximum atomic E-state index is 6.50. The number of halogens is 2. The summed E-state index contributed by atoms with van der Waals surface area (Å²) in [5.41, 5.74) is 2.26. The monoisotopic (exact) mass is 286 g/mol. The van der Waals surface area contributed by atoms with Gasteiger partial charge in [-0.05, 0) is 31.2 Å². The molecule has 0 amide bonds. The molecule has 100 valence electrons. The van der Waals surface area contributed by atoms with Crippen molar-refractivity contribution in [3.8, 4) is 0 Å². The van der Waals surface area contributed by atoms with Crippen molar-refractivity contribution in [1.29, 1.82) is 0 Å². The maximum Gasteiger partial charge on any atom is 0.0712 e. The van der Waals surface area contributed by atoms with Crippen LogP contribution in [0.15, 0.2) is 18.2 Å². The normalized spacial score (nSPS) is 20.0. The standard InChI is InChI=1S/C14H20Cl2N2/c1-11-9-12(3-4-13(11)15)14(16)10-18-7-5-17(2)6-8-18/h3-4,9,14H,5-8,10H2,1-2H3. The highest BCUT2D eigenvalue weighted by molar-refractivity contribution is 6.31. The van der Waals surface area contributed by atoms with Gasteiger partial charge in [0.2, 0.25) is 0 Å². The first-order chi connectivity index (χ1) is 8.56. The molecule has 1 unspecified atom stereocenters. The van der Waals surface area contributed by atoms with Crippen molar-refractivity contribution in [2.45, 2.75) is 12.3 Å². The summed E-state index contributed by atoms with van der Waals surface area (Å²) in [6.45, 7) is 7.40. The molecule has 1 heterocycles. The van der Waals surface area contributed by atoms with Crippen molar-refractivity contribution >= 4 is 23.2 Å². The zero-order chi connectivity index (χ0) is 13.1. The lowest BCUT2D eigenvalue weighted by atomic mass is 10.1. The molecule has 0 radical (unpaired) electrons. The molecule has 1 aromatic rings. The number of alkyl halides is 1. The Balaban J connectivity index is 1.94. The van der Waals surface area contributed by atoms with E-state index in [1.165, 1.54) is 0 Å². The van der Waals surface area contributed by atoms with Crippen molar-refractivity contribution in [2.75, 3.05) is 39.8 Å². The number of nitrogens with zero attached hydrogens (tertiary/aromatic N) is 2. The van der Waals surface area contributed by atoms with Crippen LogP contribution < -0.4 is 0 Å². The fourth-order valence-corrected chi connectivity index (χ4v) is 2.67. The predicted octanol–water partition coefficient (Wildman–Crippen LogP) is 3.18. The minimum Gasteiger partial charge on any atom is -0.304 e. The van der Waals surface area contributed by atoms with Crippen LogP contribution in [0.2, 0.25) is 5.02 Å². The van der Waals surface area contributed by atoms with Gasteiger partial charge >= 0.3 is 0 Å². The SMILES string of the molecule is Cc1cc(C(Cl)CN2CCN(C)CC2)ccc1Cl. The van der Waals surface area contributed by atoms with Gasteiger partial charge in [-0.25, -0.2) is 0 Å². The Kier molecular flexibility index (Phi) is 4.91. The van der Waals surface area contributed by atoms with Gasteiger partial charge in [-0.3, -0.25) is 4.90 Å². The topological polar surface area (TPSA) is 6.48 Å². The molecule has 0 bridgehead atoms. The molecule has 18 heavy (non-hydrogen) atoms. The van der Waals surface area contributed by atoms with E-state index < -0.39 is 0 Å². The molecule has 2 rings (SSSR count). The van der Waals surface area contributed by atoms with Gasteiger partial charge in [0.1, 0.15) is 0 Å². The molecule has 0 aromatic heterocycles. The minimum absolute atomic E-state index is 0.0457. The number of rotatable bonds is 3. The number of benzene rings is 1. The molecule has 1 aliphatic rings. The summed E-state index contributed by atoms with van der Waals surface area (Å²) in [5.74, 6) is 0. The molecule has 1 saturated heterocycles. The molecule has 0 aliphatic carbocycles. The Bertz CT molecular complexity index is 401. The van der Waals surface area contributed by atoms with Gasteiger partial charge in [0.25, 0.3) is 0 Å². The second-order valence-corrected chi connectivity index (χ2v) is 6.01. The van der Waals surface area contributed by atoms with Crippen LogP contribution in [0.4, 0.5) is 0 Å². The highest BCUT2D eigenvalue weighted by Gasteiger charge is 2.18. The molecule has 1 aromatic carbocycles. The van der Waals surface area contributed by atoms with Gasteiger partial charge in [-0.15, -0.1) is 11.6 Å². The van der Waals surface area contributed by atoms with E-state index in [0.717, 1.165) is 48.9 Å². The molecule has 1 atom stereocenters. The zero-order valence-electron chi connectivity index (χ0n) is 11.0. The van der Waals surface area contributed by atoms with Crippen LogP contribution in [-0.2, 0) is 0 Å². The number of hydrogen-bond acceptors (Lipinski definition) is 2. The van der Waals surface area contributed by atoms with Crippen molar-refractivity contribution in [1.82, 2.24) is 9.80 Å². The summed E-state index contributed by atoms with van der Waals surface area (Å²) >= 11 is 12.5. The van der Waals surface area contributed by atoms with Crippen LogP contribution in [0.5, 0.6) is 0 Å². The van der Waals surface area contributed by atoms with Gasteiger partial charge in [0.05, 0.1) is 5.38 Å². The molecule has 0 saturated carbocycles. The first-order valence-corrected chi connectivity index (χ1v) is 7.18. The van der Waals surface area contributed by atoms with E-state index in [4.69, 9.17) is 23.2 Å². The summed E-state index contributed by atoms with van der Waals surface area (Å²) in [5, 5.41) is 0.853. The van der Waals surface area contributed by atoms with Crippen LogP contribution in [0.3, 0.4) is 0 Å². The van der Waals surface area contributed by atoms with Gasteiger partial charge in [-0.1, -0.05) is 23.7 Å². The van der Waals surface area contributed by atoms with Crippen LogP contribution >= 0.6 is 23.2 Å². The molecule has 1 aliphatic heterocycles. The average molecular weight is 287 g/mol. The summed E-state index contributed by atoms with van der Waals surface area (Å²) in [7, 11) is 2.16. The van der Waals surface area contributed by atoms with Crippen molar-refractivity contribution in [3.05, 3.63) is 34.3 Å². The van der Waals surface area contributed by atoms with E-state index in [2.05, 4.69) is 22.9 Å². The van der Waals surface area contributed by atoms with Crippen LogP contribution in [0, 0.1) is 6.92 Å². The number of hydrogen-bond donors (Lipinski definition) is 0. The second-order valence-electron chi connectivity index (χ2n) is 5.08. The Labute approximate surface area is 119 Å². The van der Waals surface area contributed by atoms with E-state index >= 15 is 0 Å². The van der Waals surface area contributed by atoms with Gasteiger partial charge < -0.3 is 4.90 Å². The number of piperazine rings is 1.